The van der Waals surface area contributed by atoms with Crippen LogP contribution in [0.1, 0.15) is 34.1 Å². The zero-order valence-electron chi connectivity index (χ0n) is 15.6. The molecule has 5 nitrogen and oxygen atoms in total. The van der Waals surface area contributed by atoms with Crippen LogP contribution < -0.4 is 5.32 Å². The number of nitrogens with one attached hydrogen (secondary N) is 1. The van der Waals surface area contributed by atoms with Crippen LogP contribution in [0.2, 0.25) is 0 Å². The fraction of sp³-hybridized carbons (Fsp3) is 0.381. The van der Waals surface area contributed by atoms with Crippen molar-refractivity contribution >= 4 is 27.5 Å². The Hall–Kier alpha value is -2.31. The van der Waals surface area contributed by atoms with E-state index in [2.05, 4.69) is 29.1 Å². The van der Waals surface area contributed by atoms with Crippen molar-refractivity contribution in [3.8, 4) is 11.3 Å². The van der Waals surface area contributed by atoms with E-state index in [1.165, 1.54) is 10.4 Å². The van der Waals surface area contributed by atoms with Gasteiger partial charge in [-0.05, 0) is 37.5 Å². The molecular formula is C21H23N3O2S. The van der Waals surface area contributed by atoms with Gasteiger partial charge in [-0.25, -0.2) is 9.97 Å². The summed E-state index contributed by atoms with van der Waals surface area (Å²) in [4.78, 5) is 23.7. The van der Waals surface area contributed by atoms with Crippen LogP contribution in [0.15, 0.2) is 30.6 Å². The molecule has 4 rings (SSSR count). The van der Waals surface area contributed by atoms with Crippen LogP contribution in [-0.2, 0) is 11.2 Å². The Morgan fingerprint density at radius 3 is 2.81 bits per heavy atom. The minimum Gasteiger partial charge on any atom is -0.381 e. The van der Waals surface area contributed by atoms with Gasteiger partial charge in [0.2, 0.25) is 0 Å². The second-order valence-electron chi connectivity index (χ2n) is 6.91. The fourth-order valence-corrected chi connectivity index (χ4v) is 4.69. The number of benzene rings is 1. The van der Waals surface area contributed by atoms with Gasteiger partial charge in [-0.3, -0.25) is 4.79 Å². The number of aromatic nitrogens is 2. The monoisotopic (exact) mass is 381 g/mol. The first-order valence-corrected chi connectivity index (χ1v) is 10.2. The fourth-order valence-electron chi connectivity index (χ4n) is 3.61. The molecule has 1 N–H and O–H groups in total. The Labute approximate surface area is 162 Å². The third-order valence-electron chi connectivity index (χ3n) is 5.14. The highest BCUT2D eigenvalue weighted by atomic mass is 32.1. The van der Waals surface area contributed by atoms with Gasteiger partial charge in [0, 0.05) is 40.5 Å². The van der Waals surface area contributed by atoms with Crippen LogP contribution in [0.3, 0.4) is 0 Å². The van der Waals surface area contributed by atoms with Crippen molar-refractivity contribution in [3.63, 3.8) is 0 Å². The number of fused-ring (bicyclic) bond motifs is 1. The standard InChI is InChI=1S/C21H23N3O2S/c1-3-17-13(2)27-21-18(17)19(23-12-24-21)15-4-6-16(7-5-15)20(25)22-10-14-8-9-26-11-14/h4-7,12,14H,3,8-11H2,1-2H3,(H,22,25). The van der Waals surface area contributed by atoms with Crippen LogP contribution >= 0.6 is 11.3 Å². The highest BCUT2D eigenvalue weighted by Crippen LogP contribution is 2.35. The van der Waals surface area contributed by atoms with Gasteiger partial charge >= 0.3 is 0 Å². The summed E-state index contributed by atoms with van der Waals surface area (Å²) in [5.74, 6) is 0.388. The molecule has 1 saturated heterocycles. The minimum absolute atomic E-state index is 0.0399. The molecule has 1 amide bonds. The van der Waals surface area contributed by atoms with E-state index in [4.69, 9.17) is 4.74 Å². The van der Waals surface area contributed by atoms with Gasteiger partial charge in [-0.15, -0.1) is 11.3 Å². The number of carbonyl (C=O) groups is 1. The number of hydrogen-bond donors (Lipinski definition) is 1. The molecule has 1 aliphatic rings. The smallest absolute Gasteiger partial charge is 0.251 e. The van der Waals surface area contributed by atoms with E-state index in [0.717, 1.165) is 47.5 Å². The third-order valence-corrected chi connectivity index (χ3v) is 6.19. The predicted molar refractivity (Wildman–Crippen MR) is 108 cm³/mol. The van der Waals surface area contributed by atoms with Crippen LogP contribution in [0.5, 0.6) is 0 Å². The number of ether oxygens (including phenoxy) is 1. The molecule has 1 aliphatic heterocycles. The van der Waals surface area contributed by atoms with E-state index in [-0.39, 0.29) is 5.91 Å². The molecule has 3 aromatic rings. The van der Waals surface area contributed by atoms with Gasteiger partial charge in [-0.1, -0.05) is 19.1 Å². The van der Waals surface area contributed by atoms with E-state index in [1.54, 1.807) is 17.7 Å². The van der Waals surface area contributed by atoms with Crippen molar-refractivity contribution in [1.29, 1.82) is 0 Å². The SMILES string of the molecule is CCc1c(C)sc2ncnc(-c3ccc(C(=O)NCC4CCOC4)cc3)c12. The zero-order chi connectivity index (χ0) is 18.8. The molecule has 6 heteroatoms. The molecule has 27 heavy (non-hydrogen) atoms. The highest BCUT2D eigenvalue weighted by molar-refractivity contribution is 7.18. The van der Waals surface area contributed by atoms with Gasteiger partial charge in [0.25, 0.3) is 5.91 Å². The van der Waals surface area contributed by atoms with Crippen LogP contribution in [-0.4, -0.2) is 35.6 Å². The molecule has 1 fully saturated rings. The van der Waals surface area contributed by atoms with Crippen molar-refractivity contribution in [1.82, 2.24) is 15.3 Å². The van der Waals surface area contributed by atoms with E-state index in [0.29, 0.717) is 18.0 Å². The van der Waals surface area contributed by atoms with E-state index >= 15 is 0 Å². The van der Waals surface area contributed by atoms with Crippen molar-refractivity contribution < 1.29 is 9.53 Å². The summed E-state index contributed by atoms with van der Waals surface area (Å²) in [6.07, 6.45) is 3.59. The second-order valence-corrected chi connectivity index (χ2v) is 8.11. The van der Waals surface area contributed by atoms with E-state index in [1.807, 2.05) is 24.3 Å². The lowest BCUT2D eigenvalue weighted by Gasteiger charge is -2.10. The van der Waals surface area contributed by atoms with Crippen molar-refractivity contribution in [3.05, 3.63) is 46.6 Å². The Balaban J connectivity index is 1.57. The Morgan fingerprint density at radius 1 is 1.30 bits per heavy atom. The molecule has 0 spiro atoms. The lowest BCUT2D eigenvalue weighted by atomic mass is 10.0. The molecule has 1 aromatic carbocycles. The maximum Gasteiger partial charge on any atom is 0.251 e. The van der Waals surface area contributed by atoms with Crippen LogP contribution in [0.25, 0.3) is 21.5 Å². The van der Waals surface area contributed by atoms with Crippen molar-refractivity contribution in [2.24, 2.45) is 5.92 Å². The topological polar surface area (TPSA) is 64.1 Å². The van der Waals surface area contributed by atoms with Gasteiger partial charge in [0.15, 0.2) is 0 Å². The van der Waals surface area contributed by atoms with Crippen LogP contribution in [0, 0.1) is 12.8 Å². The lowest BCUT2D eigenvalue weighted by molar-refractivity contribution is 0.0945. The maximum absolute atomic E-state index is 12.4. The molecular weight excluding hydrogens is 358 g/mol. The number of aryl methyl sites for hydroxylation is 2. The van der Waals surface area contributed by atoms with Crippen molar-refractivity contribution in [2.45, 2.75) is 26.7 Å². The van der Waals surface area contributed by atoms with Crippen LogP contribution in [0.4, 0.5) is 0 Å². The largest absolute Gasteiger partial charge is 0.381 e. The summed E-state index contributed by atoms with van der Waals surface area (Å²) in [5, 5.41) is 4.15. The first-order valence-electron chi connectivity index (χ1n) is 9.36. The molecule has 140 valence electrons. The maximum atomic E-state index is 12.4. The Morgan fingerprint density at radius 2 is 2.11 bits per heavy atom. The molecule has 3 heterocycles. The molecule has 1 atom stereocenters. The highest BCUT2D eigenvalue weighted by Gasteiger charge is 2.18. The number of amides is 1. The quantitative estimate of drug-likeness (QED) is 0.726. The summed E-state index contributed by atoms with van der Waals surface area (Å²) in [6.45, 7) is 6.50. The first-order chi connectivity index (χ1) is 13.2. The van der Waals surface area contributed by atoms with Gasteiger partial charge < -0.3 is 10.1 Å². The van der Waals surface area contributed by atoms with E-state index in [9.17, 15) is 4.79 Å². The average Bonchev–Trinajstić information content (AvgIpc) is 3.32. The number of rotatable bonds is 5. The second kappa shape index (κ2) is 7.74. The lowest BCUT2D eigenvalue weighted by Crippen LogP contribution is -2.29. The summed E-state index contributed by atoms with van der Waals surface area (Å²) in [7, 11) is 0. The average molecular weight is 382 g/mol. The van der Waals surface area contributed by atoms with Gasteiger partial charge in [-0.2, -0.15) is 0 Å². The number of carbonyl (C=O) groups excluding carboxylic acids is 1. The Kier molecular flexibility index (Phi) is 5.18. The minimum atomic E-state index is -0.0399. The first kappa shape index (κ1) is 18.1. The van der Waals surface area contributed by atoms with Crippen molar-refractivity contribution in [2.75, 3.05) is 19.8 Å². The third kappa shape index (κ3) is 3.59. The predicted octanol–water partition coefficient (Wildman–Crippen LogP) is 4.00. The summed E-state index contributed by atoms with van der Waals surface area (Å²) in [6, 6.07) is 7.69. The molecule has 2 aromatic heterocycles. The Bertz CT molecular complexity index is 959. The molecule has 0 aliphatic carbocycles. The number of hydrogen-bond acceptors (Lipinski definition) is 5. The molecule has 0 radical (unpaired) electrons. The summed E-state index contributed by atoms with van der Waals surface area (Å²) in [5.41, 5.74) is 3.93. The van der Waals surface area contributed by atoms with E-state index < -0.39 is 0 Å². The zero-order valence-corrected chi connectivity index (χ0v) is 16.4. The number of thiophene rings is 1. The normalized spacial score (nSPS) is 16.7. The molecule has 0 bridgehead atoms. The summed E-state index contributed by atoms with van der Waals surface area (Å²) < 4.78 is 5.35. The van der Waals surface area contributed by atoms with Gasteiger partial charge in [0.05, 0.1) is 12.3 Å². The molecule has 1 unspecified atom stereocenters. The number of nitrogens with zero attached hydrogens (tertiary/aromatic N) is 2. The summed E-state index contributed by atoms with van der Waals surface area (Å²) >= 11 is 1.71. The molecule has 0 saturated carbocycles. The van der Waals surface area contributed by atoms with Gasteiger partial charge in [0.1, 0.15) is 11.2 Å².